The van der Waals surface area contributed by atoms with Gasteiger partial charge in [-0.3, -0.25) is 4.79 Å². The molecule has 0 bridgehead atoms. The Labute approximate surface area is 97.7 Å². The van der Waals surface area contributed by atoms with Crippen LogP contribution >= 0.6 is 0 Å². The summed E-state index contributed by atoms with van der Waals surface area (Å²) in [5.74, 6) is 0.448. The summed E-state index contributed by atoms with van der Waals surface area (Å²) in [6.07, 6.45) is 1.36. The zero-order valence-corrected chi connectivity index (χ0v) is 8.92. The molecule has 0 aliphatic rings. The first-order valence-corrected chi connectivity index (χ1v) is 4.89. The van der Waals surface area contributed by atoms with Crippen molar-refractivity contribution in [3.8, 4) is 0 Å². The van der Waals surface area contributed by atoms with Crippen LogP contribution in [0.25, 0.3) is 0 Å². The van der Waals surface area contributed by atoms with Gasteiger partial charge in [0.2, 0.25) is 5.91 Å². The van der Waals surface area contributed by atoms with Crippen LogP contribution in [0.15, 0.2) is 36.7 Å². The Balaban J connectivity index is 2.24. The molecule has 0 atom stereocenters. The van der Waals surface area contributed by atoms with Crippen molar-refractivity contribution < 1.29 is 4.79 Å². The van der Waals surface area contributed by atoms with Crippen LogP contribution in [0.1, 0.15) is 10.4 Å². The van der Waals surface area contributed by atoms with E-state index in [1.54, 1.807) is 30.3 Å². The first-order chi connectivity index (χ1) is 8.15. The molecular formula is C11H11N5O. The van der Waals surface area contributed by atoms with Crippen LogP contribution in [0.3, 0.4) is 0 Å². The van der Waals surface area contributed by atoms with Gasteiger partial charge in [0, 0.05) is 17.3 Å². The normalized spacial score (nSPS) is 9.88. The second-order valence-electron chi connectivity index (χ2n) is 3.40. The number of rotatable bonds is 3. The Morgan fingerprint density at radius 2 is 2.06 bits per heavy atom. The molecule has 17 heavy (non-hydrogen) atoms. The Kier molecular flexibility index (Phi) is 2.87. The first-order valence-electron chi connectivity index (χ1n) is 4.89. The number of amides is 1. The van der Waals surface area contributed by atoms with Gasteiger partial charge < -0.3 is 16.8 Å². The van der Waals surface area contributed by atoms with Crippen LogP contribution in [0.2, 0.25) is 0 Å². The minimum atomic E-state index is -0.476. The van der Waals surface area contributed by atoms with Crippen LogP contribution in [0.4, 0.5) is 17.3 Å². The maximum atomic E-state index is 11.0. The highest BCUT2D eigenvalue weighted by Gasteiger charge is 2.02. The van der Waals surface area contributed by atoms with Crippen LogP contribution in [-0.2, 0) is 0 Å². The predicted octanol–water partition coefficient (Wildman–Crippen LogP) is 0.901. The highest BCUT2D eigenvalue weighted by Crippen LogP contribution is 2.16. The van der Waals surface area contributed by atoms with Crippen molar-refractivity contribution in [2.75, 3.05) is 11.1 Å². The van der Waals surface area contributed by atoms with E-state index in [4.69, 9.17) is 11.5 Å². The van der Waals surface area contributed by atoms with Gasteiger partial charge >= 0.3 is 0 Å². The molecule has 1 amide bonds. The van der Waals surface area contributed by atoms with E-state index in [1.165, 1.54) is 6.33 Å². The Hall–Kier alpha value is -2.63. The maximum Gasteiger partial charge on any atom is 0.248 e. The van der Waals surface area contributed by atoms with E-state index in [0.29, 0.717) is 22.9 Å². The topological polar surface area (TPSA) is 107 Å². The number of nitrogens with one attached hydrogen (secondary N) is 1. The zero-order valence-electron chi connectivity index (χ0n) is 8.92. The number of nitrogen functional groups attached to an aromatic ring is 1. The predicted molar refractivity (Wildman–Crippen MR) is 64.7 cm³/mol. The smallest absolute Gasteiger partial charge is 0.248 e. The molecule has 6 nitrogen and oxygen atoms in total. The number of hydrogen-bond acceptors (Lipinski definition) is 5. The fourth-order valence-corrected chi connectivity index (χ4v) is 1.34. The standard InChI is InChI=1S/C11H11N5O/c12-9-5-10(15-6-14-9)16-8-3-1-2-7(4-8)11(13)17/h1-6H,(H2,13,17)(H3,12,14,15,16). The number of benzene rings is 1. The Morgan fingerprint density at radius 1 is 1.24 bits per heavy atom. The molecule has 0 saturated carbocycles. The molecule has 0 saturated heterocycles. The molecule has 0 radical (unpaired) electrons. The van der Waals surface area contributed by atoms with Crippen molar-refractivity contribution in [3.05, 3.63) is 42.2 Å². The van der Waals surface area contributed by atoms with E-state index < -0.39 is 5.91 Å². The quantitative estimate of drug-likeness (QED) is 0.724. The number of primary amides is 1. The molecule has 0 fully saturated rings. The van der Waals surface area contributed by atoms with Gasteiger partial charge in [0.1, 0.15) is 18.0 Å². The molecular weight excluding hydrogens is 218 g/mol. The van der Waals surface area contributed by atoms with E-state index in [2.05, 4.69) is 15.3 Å². The molecule has 2 aromatic rings. The fraction of sp³-hybridized carbons (Fsp3) is 0. The summed E-state index contributed by atoms with van der Waals surface area (Å²) in [5.41, 5.74) is 11.8. The van der Waals surface area contributed by atoms with E-state index >= 15 is 0 Å². The number of aromatic nitrogens is 2. The molecule has 1 aromatic heterocycles. The minimum absolute atomic E-state index is 0.369. The van der Waals surface area contributed by atoms with Gasteiger partial charge in [-0.15, -0.1) is 0 Å². The van der Waals surface area contributed by atoms with Gasteiger partial charge in [-0.1, -0.05) is 6.07 Å². The molecule has 1 aromatic carbocycles. The van der Waals surface area contributed by atoms with Gasteiger partial charge in [0.25, 0.3) is 0 Å². The Morgan fingerprint density at radius 3 is 2.76 bits per heavy atom. The molecule has 0 unspecified atom stereocenters. The third-order valence-corrected chi connectivity index (χ3v) is 2.11. The summed E-state index contributed by atoms with van der Waals surface area (Å²) >= 11 is 0. The summed E-state index contributed by atoms with van der Waals surface area (Å²) in [6, 6.07) is 8.40. The third kappa shape index (κ3) is 2.69. The molecule has 5 N–H and O–H groups in total. The molecule has 1 heterocycles. The van der Waals surface area contributed by atoms with Crippen LogP contribution in [0, 0.1) is 0 Å². The summed E-state index contributed by atoms with van der Waals surface area (Å²) < 4.78 is 0. The largest absolute Gasteiger partial charge is 0.384 e. The monoisotopic (exact) mass is 229 g/mol. The van der Waals surface area contributed by atoms with Crippen molar-refractivity contribution >= 4 is 23.2 Å². The minimum Gasteiger partial charge on any atom is -0.384 e. The first kappa shape index (κ1) is 10.9. The average molecular weight is 229 g/mol. The van der Waals surface area contributed by atoms with E-state index in [1.807, 2.05) is 0 Å². The SMILES string of the molecule is NC(=O)c1cccc(Nc2cc(N)ncn2)c1. The number of hydrogen-bond donors (Lipinski definition) is 3. The highest BCUT2D eigenvalue weighted by molar-refractivity contribution is 5.93. The van der Waals surface area contributed by atoms with Crippen molar-refractivity contribution in [3.63, 3.8) is 0 Å². The van der Waals surface area contributed by atoms with E-state index in [-0.39, 0.29) is 0 Å². The highest BCUT2D eigenvalue weighted by atomic mass is 16.1. The van der Waals surface area contributed by atoms with Gasteiger partial charge in [0.05, 0.1) is 0 Å². The van der Waals surface area contributed by atoms with Gasteiger partial charge in [0.15, 0.2) is 0 Å². The van der Waals surface area contributed by atoms with Crippen molar-refractivity contribution in [2.45, 2.75) is 0 Å². The third-order valence-electron chi connectivity index (χ3n) is 2.11. The van der Waals surface area contributed by atoms with Crippen molar-refractivity contribution in [1.29, 1.82) is 0 Å². The lowest BCUT2D eigenvalue weighted by Crippen LogP contribution is -2.10. The van der Waals surface area contributed by atoms with Crippen LogP contribution in [-0.4, -0.2) is 15.9 Å². The average Bonchev–Trinajstić information content (AvgIpc) is 2.29. The number of nitrogens with two attached hydrogens (primary N) is 2. The molecule has 0 aliphatic heterocycles. The van der Waals surface area contributed by atoms with Crippen LogP contribution in [0.5, 0.6) is 0 Å². The molecule has 0 aliphatic carbocycles. The Bertz CT molecular complexity index is 555. The van der Waals surface area contributed by atoms with Gasteiger partial charge in [-0.2, -0.15) is 0 Å². The second kappa shape index (κ2) is 4.48. The lowest BCUT2D eigenvalue weighted by atomic mass is 10.2. The second-order valence-corrected chi connectivity index (χ2v) is 3.40. The zero-order chi connectivity index (χ0) is 12.3. The van der Waals surface area contributed by atoms with E-state index in [9.17, 15) is 4.79 Å². The summed E-state index contributed by atoms with van der Waals surface area (Å²) in [5, 5.41) is 3.00. The van der Waals surface area contributed by atoms with Gasteiger partial charge in [-0.25, -0.2) is 9.97 Å². The van der Waals surface area contributed by atoms with Crippen LogP contribution < -0.4 is 16.8 Å². The number of carbonyl (C=O) groups is 1. The lowest BCUT2D eigenvalue weighted by molar-refractivity contribution is 0.100. The number of carbonyl (C=O) groups excluding carboxylic acids is 1. The molecule has 6 heteroatoms. The summed E-state index contributed by atoms with van der Waals surface area (Å²) in [6.45, 7) is 0. The lowest BCUT2D eigenvalue weighted by Gasteiger charge is -2.06. The van der Waals surface area contributed by atoms with E-state index in [0.717, 1.165) is 0 Å². The van der Waals surface area contributed by atoms with Crippen molar-refractivity contribution in [2.24, 2.45) is 5.73 Å². The summed E-state index contributed by atoms with van der Waals surface area (Å²) in [7, 11) is 0. The number of anilines is 3. The van der Waals surface area contributed by atoms with Crippen molar-refractivity contribution in [1.82, 2.24) is 9.97 Å². The molecule has 0 spiro atoms. The summed E-state index contributed by atoms with van der Waals surface area (Å²) in [4.78, 5) is 18.8. The number of nitrogens with zero attached hydrogens (tertiary/aromatic N) is 2. The maximum absolute atomic E-state index is 11.0. The fourth-order valence-electron chi connectivity index (χ4n) is 1.34. The molecule has 2 rings (SSSR count). The van der Waals surface area contributed by atoms with Gasteiger partial charge in [-0.05, 0) is 18.2 Å². The molecule has 86 valence electrons.